The van der Waals surface area contributed by atoms with Gasteiger partial charge < -0.3 is 9.47 Å². The lowest BCUT2D eigenvalue weighted by Gasteiger charge is -2.24. The van der Waals surface area contributed by atoms with Gasteiger partial charge >= 0.3 is 11.9 Å². The van der Waals surface area contributed by atoms with Crippen LogP contribution < -0.4 is 0 Å². The number of carbonyl (C=O) groups is 2. The minimum atomic E-state index is -0.578. The van der Waals surface area contributed by atoms with Gasteiger partial charge in [-0.15, -0.1) is 0 Å². The highest BCUT2D eigenvalue weighted by Gasteiger charge is 2.21. The first-order chi connectivity index (χ1) is 7.41. The van der Waals surface area contributed by atoms with Crippen LogP contribution in [0.3, 0.4) is 0 Å². The average Bonchev–Trinajstić information content (AvgIpc) is 2.23. The first-order valence-electron chi connectivity index (χ1n) is 5.06. The second kappa shape index (κ2) is 6.82. The van der Waals surface area contributed by atoms with Crippen LogP contribution in [0.25, 0.3) is 0 Å². The molecule has 90 valence electrons. The van der Waals surface area contributed by atoms with Crippen molar-refractivity contribution in [1.29, 1.82) is 0 Å². The fourth-order valence-corrected chi connectivity index (χ4v) is 1.09. The van der Waals surface area contributed by atoms with Gasteiger partial charge in [-0.25, -0.2) is 9.59 Å². The Labute approximate surface area is 95.9 Å². The third-order valence-corrected chi connectivity index (χ3v) is 1.88. The van der Waals surface area contributed by atoms with Crippen molar-refractivity contribution in [3.8, 4) is 0 Å². The Morgan fingerprint density at radius 1 is 1.19 bits per heavy atom. The van der Waals surface area contributed by atoms with Crippen molar-refractivity contribution in [2.75, 3.05) is 6.61 Å². The Morgan fingerprint density at radius 3 is 2.25 bits per heavy atom. The normalized spacial score (nSPS) is 10.4. The van der Waals surface area contributed by atoms with Crippen molar-refractivity contribution in [1.82, 2.24) is 0 Å². The standard InChI is InChI=1S/C12H18O4/c1-5-10(13)15-9-7-8-12(3,4)16-11(14)6-2/h5-6H,1-2,7-9H2,3-4H3. The third-order valence-electron chi connectivity index (χ3n) is 1.88. The highest BCUT2D eigenvalue weighted by Crippen LogP contribution is 2.17. The van der Waals surface area contributed by atoms with E-state index < -0.39 is 17.5 Å². The van der Waals surface area contributed by atoms with Gasteiger partial charge in [0.15, 0.2) is 0 Å². The highest BCUT2D eigenvalue weighted by atomic mass is 16.6. The Morgan fingerprint density at radius 2 is 1.75 bits per heavy atom. The molecule has 0 bridgehead atoms. The highest BCUT2D eigenvalue weighted by molar-refractivity contribution is 5.81. The fourth-order valence-electron chi connectivity index (χ4n) is 1.09. The van der Waals surface area contributed by atoms with Gasteiger partial charge in [-0.2, -0.15) is 0 Å². The van der Waals surface area contributed by atoms with E-state index in [2.05, 4.69) is 13.2 Å². The summed E-state index contributed by atoms with van der Waals surface area (Å²) in [5.41, 5.74) is -0.578. The summed E-state index contributed by atoms with van der Waals surface area (Å²) in [6, 6.07) is 0. The van der Waals surface area contributed by atoms with Crippen molar-refractivity contribution < 1.29 is 19.1 Å². The Balaban J connectivity index is 3.81. The molecule has 0 aromatic heterocycles. The molecule has 0 fully saturated rings. The van der Waals surface area contributed by atoms with Gasteiger partial charge in [-0.05, 0) is 26.7 Å². The second-order valence-electron chi connectivity index (χ2n) is 3.86. The van der Waals surface area contributed by atoms with Gasteiger partial charge in [0.2, 0.25) is 0 Å². The van der Waals surface area contributed by atoms with Gasteiger partial charge in [0, 0.05) is 12.2 Å². The number of hydrogen-bond acceptors (Lipinski definition) is 4. The first-order valence-corrected chi connectivity index (χ1v) is 5.06. The summed E-state index contributed by atoms with van der Waals surface area (Å²) in [4.78, 5) is 21.7. The van der Waals surface area contributed by atoms with Crippen LogP contribution in [0.15, 0.2) is 25.3 Å². The van der Waals surface area contributed by atoms with Gasteiger partial charge in [-0.3, -0.25) is 0 Å². The van der Waals surface area contributed by atoms with E-state index in [1.165, 1.54) is 0 Å². The molecule has 0 saturated carbocycles. The molecule has 0 atom stereocenters. The summed E-state index contributed by atoms with van der Waals surface area (Å²) in [6.45, 7) is 10.5. The Bertz CT molecular complexity index is 279. The van der Waals surface area contributed by atoms with E-state index in [1.807, 2.05) is 0 Å². The van der Waals surface area contributed by atoms with Gasteiger partial charge in [0.1, 0.15) is 5.60 Å². The molecule has 0 aliphatic rings. The quantitative estimate of drug-likeness (QED) is 0.378. The molecule has 0 heterocycles. The van der Waals surface area contributed by atoms with Crippen molar-refractivity contribution in [3.63, 3.8) is 0 Å². The SMILES string of the molecule is C=CC(=O)OCCCC(C)(C)OC(=O)C=C. The largest absolute Gasteiger partial charge is 0.463 e. The van der Waals surface area contributed by atoms with Crippen LogP contribution in [0, 0.1) is 0 Å². The summed E-state index contributed by atoms with van der Waals surface area (Å²) in [5, 5.41) is 0. The molecular formula is C12H18O4. The van der Waals surface area contributed by atoms with Crippen molar-refractivity contribution in [2.24, 2.45) is 0 Å². The minimum Gasteiger partial charge on any atom is -0.463 e. The number of rotatable bonds is 7. The van der Waals surface area contributed by atoms with Crippen LogP contribution in [0.4, 0.5) is 0 Å². The maximum absolute atomic E-state index is 11.0. The summed E-state index contributed by atoms with van der Waals surface area (Å²) >= 11 is 0. The van der Waals surface area contributed by atoms with Gasteiger partial charge in [-0.1, -0.05) is 13.2 Å². The molecule has 16 heavy (non-hydrogen) atoms. The number of carbonyl (C=O) groups excluding carboxylic acids is 2. The summed E-state index contributed by atoms with van der Waals surface area (Å²) < 4.78 is 9.90. The lowest BCUT2D eigenvalue weighted by atomic mass is 10.0. The van der Waals surface area contributed by atoms with Crippen molar-refractivity contribution in [3.05, 3.63) is 25.3 Å². The zero-order valence-corrected chi connectivity index (χ0v) is 9.82. The lowest BCUT2D eigenvalue weighted by Crippen LogP contribution is -2.27. The number of esters is 2. The summed E-state index contributed by atoms with van der Waals surface area (Å²) in [7, 11) is 0. The van der Waals surface area contributed by atoms with Crippen molar-refractivity contribution in [2.45, 2.75) is 32.3 Å². The molecular weight excluding hydrogens is 208 g/mol. The molecule has 0 aliphatic carbocycles. The van der Waals surface area contributed by atoms with E-state index in [1.54, 1.807) is 13.8 Å². The van der Waals surface area contributed by atoms with E-state index in [0.29, 0.717) is 19.4 Å². The predicted octanol–water partition coefficient (Wildman–Crippen LogP) is 2.00. The van der Waals surface area contributed by atoms with Crippen LogP contribution in [-0.2, 0) is 19.1 Å². The molecule has 0 rings (SSSR count). The van der Waals surface area contributed by atoms with Crippen LogP contribution >= 0.6 is 0 Å². The van der Waals surface area contributed by atoms with Crippen LogP contribution in [0.2, 0.25) is 0 Å². The molecule has 4 heteroatoms. The van der Waals surface area contributed by atoms with E-state index in [4.69, 9.17) is 9.47 Å². The maximum atomic E-state index is 11.0. The Hall–Kier alpha value is -1.58. The first kappa shape index (κ1) is 14.4. The van der Waals surface area contributed by atoms with Crippen LogP contribution in [-0.4, -0.2) is 24.1 Å². The fraction of sp³-hybridized carbons (Fsp3) is 0.500. The second-order valence-corrected chi connectivity index (χ2v) is 3.86. The molecule has 0 amide bonds. The molecule has 0 aromatic carbocycles. The topological polar surface area (TPSA) is 52.6 Å². The molecule has 0 aromatic rings. The molecule has 0 saturated heterocycles. The van der Waals surface area contributed by atoms with Crippen LogP contribution in [0.1, 0.15) is 26.7 Å². The molecule has 0 aliphatic heterocycles. The zero-order chi connectivity index (χ0) is 12.6. The van der Waals surface area contributed by atoms with Crippen molar-refractivity contribution >= 4 is 11.9 Å². The molecule has 4 nitrogen and oxygen atoms in total. The molecule has 0 N–H and O–H groups in total. The smallest absolute Gasteiger partial charge is 0.330 e. The average molecular weight is 226 g/mol. The summed E-state index contributed by atoms with van der Waals surface area (Å²) in [5.74, 6) is -0.894. The number of ether oxygens (including phenoxy) is 2. The maximum Gasteiger partial charge on any atom is 0.330 e. The van der Waals surface area contributed by atoms with Gasteiger partial charge in [0.05, 0.1) is 6.61 Å². The predicted molar refractivity (Wildman–Crippen MR) is 60.8 cm³/mol. The van der Waals surface area contributed by atoms with E-state index in [-0.39, 0.29) is 0 Å². The van der Waals surface area contributed by atoms with Gasteiger partial charge in [0.25, 0.3) is 0 Å². The molecule has 0 radical (unpaired) electrons. The van der Waals surface area contributed by atoms with E-state index in [0.717, 1.165) is 12.2 Å². The van der Waals surface area contributed by atoms with E-state index >= 15 is 0 Å². The molecule has 0 unspecified atom stereocenters. The number of hydrogen-bond donors (Lipinski definition) is 0. The van der Waals surface area contributed by atoms with Crippen LogP contribution in [0.5, 0.6) is 0 Å². The molecule has 0 spiro atoms. The zero-order valence-electron chi connectivity index (χ0n) is 9.82. The third kappa shape index (κ3) is 6.81. The summed E-state index contributed by atoms with van der Waals surface area (Å²) in [6.07, 6.45) is 3.47. The van der Waals surface area contributed by atoms with E-state index in [9.17, 15) is 9.59 Å². The Kier molecular flexibility index (Phi) is 6.15. The minimum absolute atomic E-state index is 0.292. The monoisotopic (exact) mass is 226 g/mol. The lowest BCUT2D eigenvalue weighted by molar-refractivity contribution is -0.151.